The summed E-state index contributed by atoms with van der Waals surface area (Å²) in [6, 6.07) is 10.5. The maximum Gasteiger partial charge on any atom is 0.137 e. The van der Waals surface area contributed by atoms with Gasteiger partial charge in [0.05, 0.1) is 0 Å². The largest absolute Gasteiger partial charge is 0.329 e. The van der Waals surface area contributed by atoms with Gasteiger partial charge >= 0.3 is 0 Å². The minimum absolute atomic E-state index is 0.825. The highest BCUT2D eigenvalue weighted by Gasteiger charge is 2.08. The van der Waals surface area contributed by atoms with Crippen LogP contribution in [0.4, 0.5) is 11.5 Å². The fourth-order valence-electron chi connectivity index (χ4n) is 1.87. The summed E-state index contributed by atoms with van der Waals surface area (Å²) in [6.07, 6.45) is 1.89. The number of hydrogen-bond acceptors (Lipinski definition) is 3. The van der Waals surface area contributed by atoms with E-state index >= 15 is 0 Å². The lowest BCUT2D eigenvalue weighted by atomic mass is 10.1. The standard InChI is InChI=1S/C15H18BrN3/c1-4-11-6-8-12(9-7-11)19(3)15-10-13(16)17-14(5-2)18-15/h6-10H,4-5H2,1-3H3. The molecule has 2 aromatic rings. The molecule has 0 fully saturated rings. The minimum atomic E-state index is 0.825. The summed E-state index contributed by atoms with van der Waals surface area (Å²) < 4.78 is 0.825. The molecule has 1 aromatic carbocycles. The molecule has 0 N–H and O–H groups in total. The van der Waals surface area contributed by atoms with Gasteiger partial charge in [-0.2, -0.15) is 0 Å². The van der Waals surface area contributed by atoms with Crippen molar-refractivity contribution in [2.45, 2.75) is 26.7 Å². The number of aromatic nitrogens is 2. The molecule has 4 heteroatoms. The number of anilines is 2. The number of hydrogen-bond donors (Lipinski definition) is 0. The third-order valence-electron chi connectivity index (χ3n) is 3.12. The second-order valence-electron chi connectivity index (χ2n) is 4.40. The van der Waals surface area contributed by atoms with Crippen LogP contribution in [0.1, 0.15) is 25.2 Å². The molecule has 0 unspecified atom stereocenters. The molecule has 0 aliphatic heterocycles. The van der Waals surface area contributed by atoms with Crippen molar-refractivity contribution in [3.05, 3.63) is 46.3 Å². The number of halogens is 1. The maximum atomic E-state index is 4.56. The summed E-state index contributed by atoms with van der Waals surface area (Å²) in [6.45, 7) is 4.22. The van der Waals surface area contributed by atoms with Crippen LogP contribution in [0.25, 0.3) is 0 Å². The van der Waals surface area contributed by atoms with Crippen molar-refractivity contribution in [3.63, 3.8) is 0 Å². The van der Waals surface area contributed by atoms with Crippen molar-refractivity contribution < 1.29 is 0 Å². The monoisotopic (exact) mass is 319 g/mol. The van der Waals surface area contributed by atoms with Gasteiger partial charge in [0, 0.05) is 25.2 Å². The lowest BCUT2D eigenvalue weighted by molar-refractivity contribution is 0.914. The van der Waals surface area contributed by atoms with Crippen LogP contribution >= 0.6 is 15.9 Å². The van der Waals surface area contributed by atoms with Crippen LogP contribution in [-0.4, -0.2) is 17.0 Å². The van der Waals surface area contributed by atoms with Gasteiger partial charge in [-0.25, -0.2) is 9.97 Å². The van der Waals surface area contributed by atoms with E-state index in [4.69, 9.17) is 0 Å². The lowest BCUT2D eigenvalue weighted by Crippen LogP contribution is -2.12. The normalized spacial score (nSPS) is 10.5. The number of aryl methyl sites for hydroxylation is 2. The van der Waals surface area contributed by atoms with Gasteiger partial charge < -0.3 is 4.90 Å². The molecule has 0 saturated heterocycles. The molecule has 0 atom stereocenters. The van der Waals surface area contributed by atoms with Crippen molar-refractivity contribution in [3.8, 4) is 0 Å². The second-order valence-corrected chi connectivity index (χ2v) is 5.21. The van der Waals surface area contributed by atoms with E-state index in [1.165, 1.54) is 5.56 Å². The smallest absolute Gasteiger partial charge is 0.137 e. The van der Waals surface area contributed by atoms with Crippen LogP contribution in [0.2, 0.25) is 0 Å². The molecule has 2 rings (SSSR count). The van der Waals surface area contributed by atoms with E-state index in [9.17, 15) is 0 Å². The highest BCUT2D eigenvalue weighted by molar-refractivity contribution is 9.10. The molecule has 0 amide bonds. The van der Waals surface area contributed by atoms with E-state index in [0.29, 0.717) is 0 Å². The van der Waals surface area contributed by atoms with Gasteiger partial charge in [0.25, 0.3) is 0 Å². The Kier molecular flexibility index (Phi) is 4.53. The molecule has 0 spiro atoms. The van der Waals surface area contributed by atoms with Crippen LogP contribution < -0.4 is 4.90 Å². The van der Waals surface area contributed by atoms with Crippen molar-refractivity contribution in [1.82, 2.24) is 9.97 Å². The Morgan fingerprint density at radius 2 is 1.74 bits per heavy atom. The second kappa shape index (κ2) is 6.15. The van der Waals surface area contributed by atoms with Crippen molar-refractivity contribution in [1.29, 1.82) is 0 Å². The summed E-state index contributed by atoms with van der Waals surface area (Å²) in [5.74, 6) is 1.75. The zero-order valence-corrected chi connectivity index (χ0v) is 13.1. The summed E-state index contributed by atoms with van der Waals surface area (Å²) in [5.41, 5.74) is 2.47. The third-order valence-corrected chi connectivity index (χ3v) is 3.53. The van der Waals surface area contributed by atoms with Crippen molar-refractivity contribution in [2.75, 3.05) is 11.9 Å². The maximum absolute atomic E-state index is 4.56. The Labute approximate surface area is 122 Å². The van der Waals surface area contributed by atoms with Crippen molar-refractivity contribution in [2.24, 2.45) is 0 Å². The summed E-state index contributed by atoms with van der Waals surface area (Å²) >= 11 is 3.44. The summed E-state index contributed by atoms with van der Waals surface area (Å²) in [7, 11) is 2.02. The minimum Gasteiger partial charge on any atom is -0.329 e. The zero-order valence-electron chi connectivity index (χ0n) is 11.5. The van der Waals surface area contributed by atoms with E-state index in [-0.39, 0.29) is 0 Å². The predicted molar refractivity (Wildman–Crippen MR) is 83.0 cm³/mol. The number of nitrogens with zero attached hydrogens (tertiary/aromatic N) is 3. The van der Waals surface area contributed by atoms with E-state index in [1.807, 2.05) is 13.1 Å². The molecule has 1 heterocycles. The molecule has 0 saturated carbocycles. The van der Waals surface area contributed by atoms with Crippen LogP contribution in [0, 0.1) is 0 Å². The number of rotatable bonds is 4. The molecule has 1 aromatic heterocycles. The van der Waals surface area contributed by atoms with Gasteiger partial charge in [-0.1, -0.05) is 26.0 Å². The first-order valence-electron chi connectivity index (χ1n) is 6.50. The molecule has 0 bridgehead atoms. The van der Waals surface area contributed by atoms with Crippen LogP contribution in [-0.2, 0) is 12.8 Å². The Morgan fingerprint density at radius 3 is 2.32 bits per heavy atom. The fraction of sp³-hybridized carbons (Fsp3) is 0.333. The van der Waals surface area contributed by atoms with E-state index in [2.05, 4.69) is 68.9 Å². The van der Waals surface area contributed by atoms with Gasteiger partial charge in [0.1, 0.15) is 16.2 Å². The molecule has 3 nitrogen and oxygen atoms in total. The number of benzene rings is 1. The molecule has 0 aliphatic carbocycles. The van der Waals surface area contributed by atoms with Crippen LogP contribution in [0.15, 0.2) is 34.9 Å². The quantitative estimate of drug-likeness (QED) is 0.793. The van der Waals surface area contributed by atoms with Crippen molar-refractivity contribution >= 4 is 27.4 Å². The Hall–Kier alpha value is -1.42. The van der Waals surface area contributed by atoms with Gasteiger partial charge in [0.2, 0.25) is 0 Å². The zero-order chi connectivity index (χ0) is 13.8. The van der Waals surface area contributed by atoms with E-state index in [0.717, 1.165) is 34.8 Å². The Morgan fingerprint density at radius 1 is 1.05 bits per heavy atom. The molecule has 0 radical (unpaired) electrons. The van der Waals surface area contributed by atoms with Crippen LogP contribution in [0.5, 0.6) is 0 Å². The fourth-order valence-corrected chi connectivity index (χ4v) is 2.28. The third kappa shape index (κ3) is 3.32. The Bertz CT molecular complexity index is 552. The first kappa shape index (κ1) is 14.0. The van der Waals surface area contributed by atoms with Crippen LogP contribution in [0.3, 0.4) is 0 Å². The van der Waals surface area contributed by atoms with Gasteiger partial charge in [0.15, 0.2) is 0 Å². The highest BCUT2D eigenvalue weighted by atomic mass is 79.9. The topological polar surface area (TPSA) is 29.0 Å². The highest BCUT2D eigenvalue weighted by Crippen LogP contribution is 2.24. The van der Waals surface area contributed by atoms with Gasteiger partial charge in [-0.05, 0) is 40.0 Å². The summed E-state index contributed by atoms with van der Waals surface area (Å²) in [5, 5.41) is 0. The molecule has 19 heavy (non-hydrogen) atoms. The van der Waals surface area contributed by atoms with E-state index < -0.39 is 0 Å². The SMILES string of the molecule is CCc1ccc(N(C)c2cc(Br)nc(CC)n2)cc1. The average molecular weight is 320 g/mol. The molecular weight excluding hydrogens is 302 g/mol. The summed E-state index contributed by atoms with van der Waals surface area (Å²) in [4.78, 5) is 11.0. The van der Waals surface area contributed by atoms with Gasteiger partial charge in [-0.3, -0.25) is 0 Å². The van der Waals surface area contributed by atoms with E-state index in [1.54, 1.807) is 0 Å². The van der Waals surface area contributed by atoms with Gasteiger partial charge in [-0.15, -0.1) is 0 Å². The molecule has 100 valence electrons. The molecule has 0 aliphatic rings. The first-order valence-corrected chi connectivity index (χ1v) is 7.29. The lowest BCUT2D eigenvalue weighted by Gasteiger charge is -2.19. The average Bonchev–Trinajstić information content (AvgIpc) is 2.46. The Balaban J connectivity index is 2.31. The predicted octanol–water partition coefficient (Wildman–Crippen LogP) is 4.13. The first-order chi connectivity index (χ1) is 9.13. The molecular formula is C15H18BrN3.